The van der Waals surface area contributed by atoms with E-state index in [-0.39, 0.29) is 49.4 Å². The summed E-state index contributed by atoms with van der Waals surface area (Å²) in [4.78, 5) is 86.1. The number of rotatable bonds is 10. The summed E-state index contributed by atoms with van der Waals surface area (Å²) in [5.74, 6) is -8.76. The molecule has 16 nitrogen and oxygen atoms in total. The van der Waals surface area contributed by atoms with Crippen LogP contribution in [0.4, 0.5) is 75.3 Å². The monoisotopic (exact) mass is 1220 g/mol. The number of alkyl halides is 2. The van der Waals surface area contributed by atoms with Crippen LogP contribution < -0.4 is 37.9 Å². The molecule has 0 fully saturated rings. The van der Waals surface area contributed by atoms with Crippen molar-refractivity contribution in [1.29, 1.82) is 0 Å². The summed E-state index contributed by atoms with van der Waals surface area (Å²) in [6, 6.07) is 16.4. The van der Waals surface area contributed by atoms with Crippen LogP contribution in [-0.4, -0.2) is 61.9 Å². The summed E-state index contributed by atoms with van der Waals surface area (Å²) in [6.07, 6.45) is 2.78. The Hall–Kier alpha value is -10.1. The van der Waals surface area contributed by atoms with E-state index >= 15 is 0 Å². The Kier molecular flexibility index (Phi) is 18.6. The molecular weight excluding hydrogens is 1170 g/mol. The first-order chi connectivity index (χ1) is 40.7. The lowest BCUT2D eigenvalue weighted by molar-refractivity contribution is 0.146. The highest BCUT2D eigenvalue weighted by atomic mass is 35.5. The van der Waals surface area contributed by atoms with Crippen molar-refractivity contribution in [3.63, 3.8) is 0 Å². The highest BCUT2D eigenvalue weighted by molar-refractivity contribution is 6.31. The molecule has 0 aliphatic rings. The summed E-state index contributed by atoms with van der Waals surface area (Å²) >= 11 is 5.66. The number of urea groups is 3. The number of aromatic amines is 4. The number of H-pyrrole nitrogens is 4. The fourth-order valence-electron chi connectivity index (χ4n) is 9.06. The van der Waals surface area contributed by atoms with Crippen molar-refractivity contribution in [3.05, 3.63) is 227 Å². The Morgan fingerprint density at radius 3 is 1.50 bits per heavy atom. The van der Waals surface area contributed by atoms with Gasteiger partial charge >= 0.3 is 18.1 Å². The first-order valence-electron chi connectivity index (χ1n) is 25.5. The number of pyridine rings is 3. The van der Waals surface area contributed by atoms with E-state index in [2.05, 4.69) is 41.2 Å². The number of hydrogen-bond donors (Lipinski definition) is 8. The molecule has 3 unspecified atom stereocenters. The molecule has 8 N–H and O–H groups in total. The third-order valence-corrected chi connectivity index (χ3v) is 14.2. The van der Waals surface area contributed by atoms with Gasteiger partial charge in [0, 0.05) is 61.5 Å². The first-order valence-corrected chi connectivity index (χ1v) is 25.9. The average molecular weight is 1220 g/mol. The maximum Gasteiger partial charge on any atom is 0.322 e. The van der Waals surface area contributed by atoms with Crippen LogP contribution in [-0.2, 0) is 0 Å². The van der Waals surface area contributed by atoms with Crippen molar-refractivity contribution in [2.45, 2.75) is 45.3 Å². The Balaban J connectivity index is 0.000000168. The number of aromatic nitrogens is 4. The van der Waals surface area contributed by atoms with Gasteiger partial charge in [-0.1, -0.05) is 29.8 Å². The number of benzene rings is 6. The number of halogens is 11. The number of hydrogen-bond acceptors (Lipinski definition) is 6. The summed E-state index contributed by atoms with van der Waals surface area (Å²) in [5.41, 5.74) is -0.0415. The van der Waals surface area contributed by atoms with E-state index in [1.165, 1.54) is 59.7 Å². The van der Waals surface area contributed by atoms with E-state index in [4.69, 9.17) is 11.6 Å². The van der Waals surface area contributed by atoms with Gasteiger partial charge < -0.3 is 51.0 Å². The number of amides is 6. The molecule has 10 aromatic rings. The van der Waals surface area contributed by atoms with Crippen LogP contribution in [0.15, 0.2) is 136 Å². The predicted molar refractivity (Wildman–Crippen MR) is 305 cm³/mol. The molecule has 6 aromatic carbocycles. The molecule has 6 amide bonds. The number of nitrogens with one attached hydrogen (secondary N) is 8. The van der Waals surface area contributed by atoms with Gasteiger partial charge in [0.1, 0.15) is 11.6 Å². The zero-order chi connectivity index (χ0) is 62.6. The van der Waals surface area contributed by atoms with Crippen molar-refractivity contribution in [1.82, 2.24) is 35.1 Å². The Morgan fingerprint density at radius 2 is 0.942 bits per heavy atom. The first kappa shape index (κ1) is 61.9. The molecular formula is C59H47ClF10N10O6. The number of anilines is 3. The maximum absolute atomic E-state index is 14.2. The van der Waals surface area contributed by atoms with Gasteiger partial charge in [0.2, 0.25) is 0 Å². The van der Waals surface area contributed by atoms with Crippen LogP contribution in [0.2, 0.25) is 5.02 Å². The summed E-state index contributed by atoms with van der Waals surface area (Å²) in [5, 5.41) is 10.8. The van der Waals surface area contributed by atoms with Gasteiger partial charge in [-0.25, -0.2) is 58.3 Å². The molecule has 0 saturated heterocycles. The fraction of sp³-hybridized carbons (Fsp3) is 0.153. The van der Waals surface area contributed by atoms with E-state index in [0.717, 1.165) is 59.4 Å². The van der Waals surface area contributed by atoms with Gasteiger partial charge in [-0.2, -0.15) is 0 Å². The van der Waals surface area contributed by atoms with Gasteiger partial charge in [-0.3, -0.25) is 14.4 Å². The molecule has 446 valence electrons. The molecule has 3 atom stereocenters. The number of carbonyl (C=O) groups excluding carboxylic acids is 3. The molecule has 0 bridgehead atoms. The SMILES string of the molecule is CC(NC(=O)Nc1ccc(F)c(Cl)c1)c1c[nH]c(=O)c2c(F)c(F)ccc12.CC(c1c[nH]c(=O)c2c(F)c(F)ccc12)N(C)C(=O)Nc1ccc2cc[nH]c2c1.CC(c1c[nH]c(=O)c2cc(F)c(F)cc12)N(C)C(=O)Nc1ccc(F)c(C(F)F)c1. The minimum absolute atomic E-state index is 0.0461. The topological polar surface area (TPSA) is 220 Å². The van der Waals surface area contributed by atoms with Crippen molar-refractivity contribution in [3.8, 4) is 0 Å². The van der Waals surface area contributed by atoms with Crippen molar-refractivity contribution in [2.75, 3.05) is 30.0 Å². The van der Waals surface area contributed by atoms with Crippen LogP contribution >= 0.6 is 11.6 Å². The van der Waals surface area contributed by atoms with Gasteiger partial charge in [-0.15, -0.1) is 0 Å². The second kappa shape index (κ2) is 25.8. The number of carbonyl (C=O) groups is 3. The maximum atomic E-state index is 14.2. The third kappa shape index (κ3) is 13.3. The summed E-state index contributed by atoms with van der Waals surface area (Å²) in [6.45, 7) is 4.91. The largest absolute Gasteiger partial charge is 0.361 e. The lowest BCUT2D eigenvalue weighted by atomic mass is 10.0. The zero-order valence-electron chi connectivity index (χ0n) is 45.4. The minimum atomic E-state index is -3.05. The molecule has 0 aliphatic carbocycles. The minimum Gasteiger partial charge on any atom is -0.361 e. The van der Waals surface area contributed by atoms with E-state index in [0.29, 0.717) is 22.4 Å². The van der Waals surface area contributed by atoms with Gasteiger partial charge in [0.25, 0.3) is 23.1 Å². The Labute approximate surface area is 483 Å². The highest BCUT2D eigenvalue weighted by Gasteiger charge is 2.25. The molecule has 4 heterocycles. The van der Waals surface area contributed by atoms with Crippen molar-refractivity contribution >= 4 is 90.0 Å². The van der Waals surface area contributed by atoms with Crippen molar-refractivity contribution in [2.24, 2.45) is 0 Å². The summed E-state index contributed by atoms with van der Waals surface area (Å²) < 4.78 is 135. The smallest absolute Gasteiger partial charge is 0.322 e. The van der Waals surface area contributed by atoms with E-state index in [1.54, 1.807) is 33.9 Å². The van der Waals surface area contributed by atoms with Crippen LogP contribution in [0.1, 0.15) is 67.6 Å². The molecule has 27 heteroatoms. The standard InChI is InChI=1S/C21H18F2N4O2.C20H16F5N3O2.C18H13ClF3N3O2/c1-11(15-10-25-20(28)18-14(15)5-6-16(22)19(18)23)27(2)21(29)26-13-4-3-12-7-8-24-17(12)9-13;1-9(14-8-26-19(29)12-7-17(23)16(22)6-11(12)14)28(2)20(30)27-10-3-4-15(21)13(5-10)18(24)25;1-8(24-18(27)25-9-2-4-13(20)12(19)6-9)11-7-23-17(26)15-10(11)3-5-14(21)16(15)22/h3-11,24H,1-2H3,(H,25,28)(H,26,29);3-9,18H,1-2H3,(H,26,29)(H,27,30);2-8H,1H3,(H,23,26)(H2,24,25,27). The fourth-order valence-corrected chi connectivity index (χ4v) is 9.24. The van der Waals surface area contributed by atoms with Crippen LogP contribution in [0.5, 0.6) is 0 Å². The molecule has 10 rings (SSSR count). The Bertz CT molecular complexity index is 4470. The normalized spacial score (nSPS) is 12.2. The Morgan fingerprint density at radius 1 is 0.477 bits per heavy atom. The molecule has 86 heavy (non-hydrogen) atoms. The zero-order valence-corrected chi connectivity index (χ0v) is 46.1. The molecule has 0 spiro atoms. The molecule has 0 saturated carbocycles. The lowest BCUT2D eigenvalue weighted by Gasteiger charge is -2.26. The number of nitrogens with zero attached hydrogens (tertiary/aromatic N) is 2. The van der Waals surface area contributed by atoms with Gasteiger partial charge in [0.05, 0.1) is 44.9 Å². The van der Waals surface area contributed by atoms with Crippen LogP contribution in [0, 0.1) is 46.5 Å². The second-order valence-electron chi connectivity index (χ2n) is 19.3. The quantitative estimate of drug-likeness (QED) is 0.0622. The highest BCUT2D eigenvalue weighted by Crippen LogP contribution is 2.32. The predicted octanol–water partition coefficient (Wildman–Crippen LogP) is 14.1. The van der Waals surface area contributed by atoms with Crippen molar-refractivity contribution < 1.29 is 58.3 Å². The van der Waals surface area contributed by atoms with E-state index in [9.17, 15) is 72.7 Å². The van der Waals surface area contributed by atoms with E-state index < -0.39 is 111 Å². The van der Waals surface area contributed by atoms with Gasteiger partial charge in [0.15, 0.2) is 34.9 Å². The second-order valence-corrected chi connectivity index (χ2v) is 19.7. The van der Waals surface area contributed by atoms with Gasteiger partial charge in [-0.05, 0) is 138 Å². The lowest BCUT2D eigenvalue weighted by Crippen LogP contribution is -2.34. The molecule has 4 aromatic heterocycles. The molecule has 0 aliphatic heterocycles. The number of fused-ring (bicyclic) bond motifs is 4. The molecule has 0 radical (unpaired) electrons. The van der Waals surface area contributed by atoms with E-state index in [1.807, 2.05) is 24.4 Å². The van der Waals surface area contributed by atoms with Crippen LogP contribution in [0.25, 0.3) is 43.2 Å². The summed E-state index contributed by atoms with van der Waals surface area (Å²) in [7, 11) is 2.97. The third-order valence-electron chi connectivity index (χ3n) is 13.9. The average Bonchev–Trinajstić information content (AvgIpc) is 1.24. The van der Waals surface area contributed by atoms with Crippen LogP contribution in [0.3, 0.4) is 0 Å².